The summed E-state index contributed by atoms with van der Waals surface area (Å²) in [5, 5.41) is 0. The molecule has 3 heteroatoms. The summed E-state index contributed by atoms with van der Waals surface area (Å²) in [5.74, 6) is 1.75. The highest BCUT2D eigenvalue weighted by atomic mass is 16.5. The van der Waals surface area contributed by atoms with E-state index in [1.807, 2.05) is 12.1 Å². The highest BCUT2D eigenvalue weighted by molar-refractivity contribution is 5.48. The van der Waals surface area contributed by atoms with E-state index in [-0.39, 0.29) is 0 Å². The molecule has 0 saturated carbocycles. The third-order valence-electron chi connectivity index (χ3n) is 3.88. The summed E-state index contributed by atoms with van der Waals surface area (Å²) >= 11 is 0. The summed E-state index contributed by atoms with van der Waals surface area (Å²) in [7, 11) is 6.10. The van der Waals surface area contributed by atoms with Gasteiger partial charge in [-0.05, 0) is 63.2 Å². The Morgan fingerprint density at radius 3 is 2.39 bits per heavy atom. The summed E-state index contributed by atoms with van der Waals surface area (Å²) in [4.78, 5) is 4.78. The normalized spacial score (nSPS) is 17.7. The van der Waals surface area contributed by atoms with Crippen molar-refractivity contribution in [3.8, 4) is 5.75 Å². The molecule has 0 atom stereocenters. The lowest BCUT2D eigenvalue weighted by molar-refractivity contribution is 0.222. The van der Waals surface area contributed by atoms with Crippen molar-refractivity contribution in [2.45, 2.75) is 12.8 Å². The average molecular weight is 248 g/mol. The van der Waals surface area contributed by atoms with E-state index in [4.69, 9.17) is 4.74 Å². The van der Waals surface area contributed by atoms with Crippen LogP contribution in [-0.4, -0.2) is 45.7 Å². The Bertz CT molecular complexity index is 355. The number of anilines is 1. The molecule has 1 aromatic rings. The Labute approximate surface area is 110 Å². The van der Waals surface area contributed by atoms with Gasteiger partial charge in [-0.2, -0.15) is 0 Å². The summed E-state index contributed by atoms with van der Waals surface area (Å²) in [6, 6.07) is 8.32. The first-order valence-electron chi connectivity index (χ1n) is 6.73. The molecular formula is C15H24N2O. The molecule has 3 nitrogen and oxygen atoms in total. The van der Waals surface area contributed by atoms with Gasteiger partial charge in [-0.15, -0.1) is 0 Å². The molecule has 1 heterocycles. The molecule has 0 aromatic heterocycles. The second kappa shape index (κ2) is 6.10. The van der Waals surface area contributed by atoms with Crippen LogP contribution in [-0.2, 0) is 0 Å². The number of methoxy groups -OCH3 is 1. The van der Waals surface area contributed by atoms with Gasteiger partial charge in [0.15, 0.2) is 0 Å². The van der Waals surface area contributed by atoms with Gasteiger partial charge in [0.25, 0.3) is 0 Å². The number of benzene rings is 1. The Kier molecular flexibility index (Phi) is 4.48. The van der Waals surface area contributed by atoms with Crippen molar-refractivity contribution < 1.29 is 4.74 Å². The van der Waals surface area contributed by atoms with Gasteiger partial charge in [0, 0.05) is 19.3 Å². The summed E-state index contributed by atoms with van der Waals surface area (Å²) < 4.78 is 5.19. The van der Waals surface area contributed by atoms with E-state index in [2.05, 4.69) is 36.0 Å². The Morgan fingerprint density at radius 1 is 1.22 bits per heavy atom. The predicted octanol–water partition coefficient (Wildman–Crippen LogP) is 2.47. The van der Waals surface area contributed by atoms with Gasteiger partial charge in [-0.1, -0.05) is 0 Å². The van der Waals surface area contributed by atoms with E-state index >= 15 is 0 Å². The maximum absolute atomic E-state index is 5.19. The zero-order valence-corrected chi connectivity index (χ0v) is 11.7. The molecule has 1 aliphatic rings. The third-order valence-corrected chi connectivity index (χ3v) is 3.88. The second-order valence-corrected chi connectivity index (χ2v) is 5.33. The van der Waals surface area contributed by atoms with E-state index in [0.717, 1.165) is 18.2 Å². The van der Waals surface area contributed by atoms with Crippen LogP contribution in [0.4, 0.5) is 5.69 Å². The lowest BCUT2D eigenvalue weighted by atomic mass is 9.96. The highest BCUT2D eigenvalue weighted by Crippen LogP contribution is 2.22. The molecule has 0 N–H and O–H groups in total. The highest BCUT2D eigenvalue weighted by Gasteiger charge is 2.18. The van der Waals surface area contributed by atoms with Crippen LogP contribution in [0.1, 0.15) is 12.8 Å². The van der Waals surface area contributed by atoms with Crippen LogP contribution in [0.25, 0.3) is 0 Å². The molecular weight excluding hydrogens is 224 g/mol. The van der Waals surface area contributed by atoms with Crippen molar-refractivity contribution >= 4 is 5.69 Å². The van der Waals surface area contributed by atoms with Crippen LogP contribution in [0.5, 0.6) is 5.75 Å². The van der Waals surface area contributed by atoms with Crippen molar-refractivity contribution in [1.82, 2.24) is 4.90 Å². The fourth-order valence-corrected chi connectivity index (χ4v) is 2.57. The van der Waals surface area contributed by atoms with Crippen molar-refractivity contribution in [3.05, 3.63) is 24.3 Å². The molecule has 0 aliphatic carbocycles. The number of hydrogen-bond donors (Lipinski definition) is 0. The van der Waals surface area contributed by atoms with Crippen LogP contribution in [0.3, 0.4) is 0 Å². The van der Waals surface area contributed by atoms with Crippen molar-refractivity contribution in [3.63, 3.8) is 0 Å². The Hall–Kier alpha value is -1.22. The van der Waals surface area contributed by atoms with Crippen LogP contribution < -0.4 is 9.64 Å². The number of nitrogens with zero attached hydrogens (tertiary/aromatic N) is 2. The zero-order chi connectivity index (χ0) is 13.0. The Morgan fingerprint density at radius 2 is 1.83 bits per heavy atom. The molecule has 0 radical (unpaired) electrons. The van der Waals surface area contributed by atoms with Crippen LogP contribution in [0.15, 0.2) is 24.3 Å². The van der Waals surface area contributed by atoms with Gasteiger partial charge in [-0.3, -0.25) is 0 Å². The summed E-state index contributed by atoms with van der Waals surface area (Å²) in [6.45, 7) is 3.63. The van der Waals surface area contributed by atoms with E-state index < -0.39 is 0 Å². The molecule has 1 saturated heterocycles. The lowest BCUT2D eigenvalue weighted by Crippen LogP contribution is -2.35. The van der Waals surface area contributed by atoms with E-state index in [1.54, 1.807) is 7.11 Å². The van der Waals surface area contributed by atoms with E-state index in [9.17, 15) is 0 Å². The van der Waals surface area contributed by atoms with Gasteiger partial charge in [-0.25, -0.2) is 0 Å². The first-order chi connectivity index (χ1) is 8.69. The molecule has 1 fully saturated rings. The molecule has 0 bridgehead atoms. The van der Waals surface area contributed by atoms with Gasteiger partial charge < -0.3 is 14.5 Å². The lowest BCUT2D eigenvalue weighted by Gasteiger charge is -2.32. The SMILES string of the molecule is COc1ccc(N(C)CC2CCN(C)CC2)cc1. The Balaban J connectivity index is 1.88. The van der Waals surface area contributed by atoms with Gasteiger partial charge in [0.1, 0.15) is 5.75 Å². The largest absolute Gasteiger partial charge is 0.497 e. The predicted molar refractivity (Wildman–Crippen MR) is 76.5 cm³/mol. The number of hydrogen-bond acceptors (Lipinski definition) is 3. The number of rotatable bonds is 4. The molecule has 18 heavy (non-hydrogen) atoms. The van der Waals surface area contributed by atoms with Gasteiger partial charge >= 0.3 is 0 Å². The first-order valence-corrected chi connectivity index (χ1v) is 6.73. The average Bonchev–Trinajstić information content (AvgIpc) is 2.41. The maximum Gasteiger partial charge on any atom is 0.119 e. The minimum absolute atomic E-state index is 0.827. The molecule has 0 unspecified atom stereocenters. The van der Waals surface area contributed by atoms with Crippen molar-refractivity contribution in [1.29, 1.82) is 0 Å². The standard InChI is InChI=1S/C15H24N2O/c1-16-10-8-13(9-11-16)12-17(2)14-4-6-15(18-3)7-5-14/h4-7,13H,8-12H2,1-3H3. The van der Waals surface area contributed by atoms with Crippen LogP contribution in [0.2, 0.25) is 0 Å². The minimum atomic E-state index is 0.827. The van der Waals surface area contributed by atoms with E-state index in [1.165, 1.54) is 31.6 Å². The summed E-state index contributed by atoms with van der Waals surface area (Å²) in [5.41, 5.74) is 1.27. The number of ether oxygens (including phenoxy) is 1. The third kappa shape index (κ3) is 3.39. The number of likely N-dealkylation sites (tertiary alicyclic amines) is 1. The topological polar surface area (TPSA) is 15.7 Å². The smallest absolute Gasteiger partial charge is 0.119 e. The molecule has 100 valence electrons. The van der Waals surface area contributed by atoms with Gasteiger partial charge in [0.05, 0.1) is 7.11 Å². The molecule has 2 rings (SSSR count). The molecule has 0 spiro atoms. The monoisotopic (exact) mass is 248 g/mol. The zero-order valence-electron chi connectivity index (χ0n) is 11.7. The minimum Gasteiger partial charge on any atom is -0.497 e. The van der Waals surface area contributed by atoms with E-state index in [0.29, 0.717) is 0 Å². The molecule has 0 amide bonds. The maximum atomic E-state index is 5.19. The fourth-order valence-electron chi connectivity index (χ4n) is 2.57. The van der Waals surface area contributed by atoms with Gasteiger partial charge in [0.2, 0.25) is 0 Å². The second-order valence-electron chi connectivity index (χ2n) is 5.33. The van der Waals surface area contributed by atoms with Crippen LogP contribution >= 0.6 is 0 Å². The van der Waals surface area contributed by atoms with Crippen molar-refractivity contribution in [2.75, 3.05) is 45.7 Å². The number of piperidine rings is 1. The summed E-state index contributed by atoms with van der Waals surface area (Å²) in [6.07, 6.45) is 2.63. The molecule has 1 aliphatic heterocycles. The first kappa shape index (κ1) is 13.2. The quantitative estimate of drug-likeness (QED) is 0.814. The van der Waals surface area contributed by atoms with Crippen LogP contribution in [0, 0.1) is 5.92 Å². The fraction of sp³-hybridized carbons (Fsp3) is 0.600. The van der Waals surface area contributed by atoms with Crippen molar-refractivity contribution in [2.24, 2.45) is 5.92 Å². The molecule has 1 aromatic carbocycles.